The van der Waals surface area contributed by atoms with E-state index < -0.39 is 0 Å². The molecule has 0 unspecified atom stereocenters. The van der Waals surface area contributed by atoms with Crippen molar-refractivity contribution in [1.82, 2.24) is 9.97 Å². The molecule has 0 aromatic carbocycles. The monoisotopic (exact) mass is 262 g/mol. The quantitative estimate of drug-likeness (QED) is 0.854. The van der Waals surface area contributed by atoms with Crippen molar-refractivity contribution in [3.8, 4) is 0 Å². The molecule has 0 bridgehead atoms. The van der Waals surface area contributed by atoms with E-state index in [1.54, 1.807) is 0 Å². The predicted octanol–water partition coefficient (Wildman–Crippen LogP) is 3.32. The van der Waals surface area contributed by atoms with Gasteiger partial charge in [-0.15, -0.1) is 0 Å². The third-order valence-electron chi connectivity index (χ3n) is 4.05. The van der Waals surface area contributed by atoms with Crippen LogP contribution in [0.3, 0.4) is 0 Å². The summed E-state index contributed by atoms with van der Waals surface area (Å²) in [6, 6.07) is 1.99. The fraction of sp³-hybridized carbons (Fsp3) is 0.733. The number of aromatic nitrogens is 2. The van der Waals surface area contributed by atoms with Gasteiger partial charge in [-0.2, -0.15) is 0 Å². The van der Waals surface area contributed by atoms with Crippen LogP contribution in [0.1, 0.15) is 45.4 Å². The Labute approximate surface area is 116 Å². The lowest BCUT2D eigenvalue weighted by molar-refractivity contribution is 0.300. The van der Waals surface area contributed by atoms with Crippen LogP contribution in [-0.2, 0) is 6.42 Å². The van der Waals surface area contributed by atoms with Gasteiger partial charge in [0, 0.05) is 26.1 Å². The molecule has 2 rings (SSSR count). The number of nitrogens with one attached hydrogen (secondary N) is 2. The minimum Gasteiger partial charge on any atom is -0.373 e. The van der Waals surface area contributed by atoms with E-state index in [0.29, 0.717) is 0 Å². The average Bonchev–Trinajstić information content (AvgIpc) is 2.46. The Bertz CT molecular complexity index is 375. The molecule has 1 aromatic rings. The largest absolute Gasteiger partial charge is 0.373 e. The maximum Gasteiger partial charge on any atom is 0.132 e. The van der Waals surface area contributed by atoms with Gasteiger partial charge in [0.2, 0.25) is 0 Å². The molecule has 0 saturated heterocycles. The van der Waals surface area contributed by atoms with Crippen molar-refractivity contribution in [2.45, 2.75) is 46.0 Å². The van der Waals surface area contributed by atoms with Gasteiger partial charge in [-0.1, -0.05) is 26.7 Å². The predicted molar refractivity (Wildman–Crippen MR) is 80.6 cm³/mol. The third-order valence-corrected chi connectivity index (χ3v) is 4.05. The first-order valence-electron chi connectivity index (χ1n) is 7.50. The minimum absolute atomic E-state index is 0.800. The third kappa shape index (κ3) is 4.08. The van der Waals surface area contributed by atoms with Crippen molar-refractivity contribution in [1.29, 1.82) is 0 Å². The zero-order valence-electron chi connectivity index (χ0n) is 12.4. The van der Waals surface area contributed by atoms with Crippen molar-refractivity contribution >= 4 is 11.6 Å². The van der Waals surface area contributed by atoms with Gasteiger partial charge >= 0.3 is 0 Å². The molecular formula is C15H26N4. The second-order valence-electron chi connectivity index (χ2n) is 5.67. The highest BCUT2D eigenvalue weighted by atomic mass is 15.1. The first-order valence-corrected chi connectivity index (χ1v) is 7.50. The number of hydrogen-bond acceptors (Lipinski definition) is 4. The van der Waals surface area contributed by atoms with Gasteiger partial charge in [0.1, 0.15) is 17.5 Å². The fourth-order valence-corrected chi connectivity index (χ4v) is 2.66. The smallest absolute Gasteiger partial charge is 0.132 e. The van der Waals surface area contributed by atoms with Crippen LogP contribution in [0.5, 0.6) is 0 Å². The first-order chi connectivity index (χ1) is 9.21. The number of aryl methyl sites for hydroxylation is 1. The fourth-order valence-electron chi connectivity index (χ4n) is 2.66. The maximum atomic E-state index is 4.54. The van der Waals surface area contributed by atoms with E-state index in [0.717, 1.165) is 42.3 Å². The van der Waals surface area contributed by atoms with Crippen LogP contribution in [-0.4, -0.2) is 23.6 Å². The molecule has 4 nitrogen and oxygen atoms in total. The second kappa shape index (κ2) is 6.73. The summed E-state index contributed by atoms with van der Waals surface area (Å²) < 4.78 is 0. The van der Waals surface area contributed by atoms with Crippen LogP contribution in [0, 0.1) is 11.8 Å². The van der Waals surface area contributed by atoms with Crippen LogP contribution in [0.2, 0.25) is 0 Å². The maximum absolute atomic E-state index is 4.54. The molecule has 0 amide bonds. The summed E-state index contributed by atoms with van der Waals surface area (Å²) in [6.45, 7) is 5.48. The average molecular weight is 262 g/mol. The van der Waals surface area contributed by atoms with Gasteiger partial charge in [0.05, 0.1) is 0 Å². The lowest BCUT2D eigenvalue weighted by atomic mass is 9.83. The zero-order chi connectivity index (χ0) is 13.7. The van der Waals surface area contributed by atoms with Crippen molar-refractivity contribution < 1.29 is 0 Å². The Kier molecular flexibility index (Phi) is 5.00. The minimum atomic E-state index is 0.800. The topological polar surface area (TPSA) is 49.8 Å². The summed E-state index contributed by atoms with van der Waals surface area (Å²) in [5.74, 6) is 4.46. The van der Waals surface area contributed by atoms with Gasteiger partial charge in [-0.25, -0.2) is 9.97 Å². The molecule has 1 aliphatic carbocycles. The highest BCUT2D eigenvalue weighted by molar-refractivity contribution is 5.47. The highest BCUT2D eigenvalue weighted by Crippen LogP contribution is 2.28. The summed E-state index contributed by atoms with van der Waals surface area (Å²) >= 11 is 0. The molecule has 1 heterocycles. The van der Waals surface area contributed by atoms with Crippen LogP contribution < -0.4 is 10.6 Å². The molecule has 106 valence electrons. The molecule has 1 aliphatic rings. The van der Waals surface area contributed by atoms with Crippen LogP contribution in [0.15, 0.2) is 6.07 Å². The Morgan fingerprint density at radius 1 is 1.16 bits per heavy atom. The van der Waals surface area contributed by atoms with Crippen molar-refractivity contribution in [2.75, 3.05) is 24.2 Å². The molecule has 1 fully saturated rings. The standard InChI is InChI=1S/C15H26N4/c1-4-13-18-14(16-3)9-15(19-13)17-10-12-7-5-11(2)6-8-12/h9,11-12H,4-8,10H2,1-3H3,(H2,16,17,18,19). The van der Waals surface area contributed by atoms with E-state index in [-0.39, 0.29) is 0 Å². The molecular weight excluding hydrogens is 236 g/mol. The van der Waals surface area contributed by atoms with Crippen LogP contribution in [0.4, 0.5) is 11.6 Å². The van der Waals surface area contributed by atoms with E-state index >= 15 is 0 Å². The number of hydrogen-bond donors (Lipinski definition) is 2. The lowest BCUT2D eigenvalue weighted by Crippen LogP contribution is -2.20. The molecule has 1 aromatic heterocycles. The van der Waals surface area contributed by atoms with Gasteiger partial charge < -0.3 is 10.6 Å². The zero-order valence-corrected chi connectivity index (χ0v) is 12.4. The van der Waals surface area contributed by atoms with E-state index in [4.69, 9.17) is 0 Å². The lowest BCUT2D eigenvalue weighted by Gasteiger charge is -2.26. The van der Waals surface area contributed by atoms with E-state index in [1.165, 1.54) is 25.7 Å². The molecule has 19 heavy (non-hydrogen) atoms. The SMILES string of the molecule is CCc1nc(NC)cc(NCC2CCC(C)CC2)n1. The normalized spacial score (nSPS) is 23.1. The molecule has 0 spiro atoms. The van der Waals surface area contributed by atoms with Crippen LogP contribution in [0.25, 0.3) is 0 Å². The van der Waals surface area contributed by atoms with E-state index in [2.05, 4.69) is 34.4 Å². The Hall–Kier alpha value is -1.32. The Balaban J connectivity index is 1.91. The summed E-state index contributed by atoms with van der Waals surface area (Å²) in [6.07, 6.45) is 6.30. The molecule has 4 heteroatoms. The Morgan fingerprint density at radius 2 is 1.84 bits per heavy atom. The molecule has 0 atom stereocenters. The van der Waals surface area contributed by atoms with Crippen molar-refractivity contribution in [3.05, 3.63) is 11.9 Å². The van der Waals surface area contributed by atoms with Crippen molar-refractivity contribution in [2.24, 2.45) is 11.8 Å². The summed E-state index contributed by atoms with van der Waals surface area (Å²) in [5.41, 5.74) is 0. The summed E-state index contributed by atoms with van der Waals surface area (Å²) in [5, 5.41) is 6.58. The van der Waals surface area contributed by atoms with Gasteiger partial charge in [0.15, 0.2) is 0 Å². The first kappa shape index (κ1) is 14.1. The van der Waals surface area contributed by atoms with Crippen LogP contribution >= 0.6 is 0 Å². The number of nitrogens with zero attached hydrogens (tertiary/aromatic N) is 2. The number of anilines is 2. The summed E-state index contributed by atoms with van der Waals surface area (Å²) in [7, 11) is 1.90. The highest BCUT2D eigenvalue weighted by Gasteiger charge is 2.18. The molecule has 0 radical (unpaired) electrons. The van der Waals surface area contributed by atoms with Gasteiger partial charge in [-0.3, -0.25) is 0 Å². The second-order valence-corrected chi connectivity index (χ2v) is 5.67. The van der Waals surface area contributed by atoms with Gasteiger partial charge in [-0.05, 0) is 24.7 Å². The Morgan fingerprint density at radius 3 is 2.47 bits per heavy atom. The van der Waals surface area contributed by atoms with Crippen molar-refractivity contribution in [3.63, 3.8) is 0 Å². The summed E-state index contributed by atoms with van der Waals surface area (Å²) in [4.78, 5) is 8.95. The van der Waals surface area contributed by atoms with E-state index in [9.17, 15) is 0 Å². The number of rotatable bonds is 5. The van der Waals surface area contributed by atoms with E-state index in [1.807, 2.05) is 13.1 Å². The molecule has 1 saturated carbocycles. The molecule has 0 aliphatic heterocycles. The molecule has 2 N–H and O–H groups in total. The van der Waals surface area contributed by atoms with Gasteiger partial charge in [0.25, 0.3) is 0 Å².